The molecule has 2 N–H and O–H groups in total. The fourth-order valence-corrected chi connectivity index (χ4v) is 6.87. The molecule has 0 spiro atoms. The zero-order valence-electron chi connectivity index (χ0n) is 15.0. The maximum absolute atomic E-state index is 12.8. The van der Waals surface area contributed by atoms with Crippen molar-refractivity contribution in [3.8, 4) is 0 Å². The molecule has 25 heavy (non-hydrogen) atoms. The monoisotopic (exact) mass is 365 g/mol. The second-order valence-electron chi connectivity index (χ2n) is 8.19. The predicted octanol–water partition coefficient (Wildman–Crippen LogP) is 2.42. The lowest BCUT2D eigenvalue weighted by Crippen LogP contribution is -2.47. The van der Waals surface area contributed by atoms with E-state index in [0.29, 0.717) is 18.4 Å². The van der Waals surface area contributed by atoms with E-state index in [1.54, 1.807) is 31.2 Å². The van der Waals surface area contributed by atoms with Gasteiger partial charge < -0.3 is 5.11 Å². The van der Waals surface area contributed by atoms with Gasteiger partial charge in [-0.05, 0) is 36.7 Å². The number of aliphatic hydroxyl groups excluding tert-OH is 1. The first kappa shape index (κ1) is 18.5. The zero-order chi connectivity index (χ0) is 18.5. The highest BCUT2D eigenvalue weighted by molar-refractivity contribution is 7.89. The molecule has 2 aliphatic carbocycles. The van der Waals surface area contributed by atoms with Crippen molar-refractivity contribution in [1.29, 1.82) is 0 Å². The van der Waals surface area contributed by atoms with Gasteiger partial charge >= 0.3 is 0 Å². The van der Waals surface area contributed by atoms with Crippen molar-refractivity contribution in [3.05, 3.63) is 35.9 Å². The normalized spacial score (nSPS) is 30.4. The Hall–Kier alpha value is -1.24. The fourth-order valence-electron chi connectivity index (χ4n) is 4.76. The van der Waals surface area contributed by atoms with Gasteiger partial charge in [0.15, 0.2) is 0 Å². The van der Waals surface area contributed by atoms with Crippen LogP contribution < -0.4 is 4.72 Å². The van der Waals surface area contributed by atoms with Crippen molar-refractivity contribution in [2.45, 2.75) is 52.2 Å². The number of benzene rings is 1. The number of sulfonamides is 1. The van der Waals surface area contributed by atoms with Gasteiger partial charge in [0.25, 0.3) is 0 Å². The number of fused-ring (bicyclic) bond motifs is 2. The molecule has 5 nitrogen and oxygen atoms in total. The van der Waals surface area contributed by atoms with E-state index in [4.69, 9.17) is 0 Å². The predicted molar refractivity (Wildman–Crippen MR) is 96.3 cm³/mol. The quantitative estimate of drug-likeness (QED) is 0.811. The smallest absolute Gasteiger partial charge is 0.212 e. The third-order valence-corrected chi connectivity index (χ3v) is 8.16. The molecule has 3 unspecified atom stereocenters. The molecular weight excluding hydrogens is 338 g/mol. The van der Waals surface area contributed by atoms with Crippen LogP contribution in [0.5, 0.6) is 0 Å². The third kappa shape index (κ3) is 3.04. The average molecular weight is 365 g/mol. The van der Waals surface area contributed by atoms with Crippen LogP contribution in [0.15, 0.2) is 30.3 Å². The SMILES string of the molecule is CC(NS(=O)(=O)C[C@@]12CCC(CC1=O)C2(C)C)C(O)c1ccccc1. The lowest BCUT2D eigenvalue weighted by Gasteiger charge is -2.36. The van der Waals surface area contributed by atoms with E-state index >= 15 is 0 Å². The van der Waals surface area contributed by atoms with Gasteiger partial charge in [0.1, 0.15) is 5.78 Å². The minimum atomic E-state index is -3.70. The van der Waals surface area contributed by atoms with Crippen LogP contribution in [0.1, 0.15) is 51.7 Å². The first-order valence-electron chi connectivity index (χ1n) is 8.85. The summed E-state index contributed by atoms with van der Waals surface area (Å²) in [4.78, 5) is 12.6. The molecular formula is C19H27NO4S. The van der Waals surface area contributed by atoms with Crippen LogP contribution in [0.3, 0.4) is 0 Å². The van der Waals surface area contributed by atoms with Gasteiger partial charge in [0.2, 0.25) is 10.0 Å². The van der Waals surface area contributed by atoms with E-state index in [1.165, 1.54) is 0 Å². The Kier molecular flexibility index (Phi) is 4.58. The van der Waals surface area contributed by atoms with Gasteiger partial charge in [-0.3, -0.25) is 4.79 Å². The van der Waals surface area contributed by atoms with Crippen molar-refractivity contribution < 1.29 is 18.3 Å². The van der Waals surface area contributed by atoms with Crippen LogP contribution >= 0.6 is 0 Å². The van der Waals surface area contributed by atoms with E-state index in [-0.39, 0.29) is 22.9 Å². The van der Waals surface area contributed by atoms with Crippen molar-refractivity contribution in [3.63, 3.8) is 0 Å². The van der Waals surface area contributed by atoms with E-state index in [1.807, 2.05) is 19.9 Å². The zero-order valence-corrected chi connectivity index (χ0v) is 15.8. The molecule has 0 amide bonds. The van der Waals surface area contributed by atoms with E-state index in [2.05, 4.69) is 4.72 Å². The standard InChI is InChI=1S/C19H27NO4S/c1-13(17(22)14-7-5-4-6-8-14)20-25(23,24)12-19-10-9-15(11-16(19)21)18(19,2)3/h4-8,13,15,17,20,22H,9-12H2,1-3H3/t13?,15?,17?,19-/m0/s1. The number of rotatable bonds is 6. The largest absolute Gasteiger partial charge is 0.387 e. The molecule has 0 aromatic heterocycles. The minimum absolute atomic E-state index is 0.0791. The molecule has 0 saturated heterocycles. The number of Topliss-reactive ketones (excluding diaryl/α,β-unsaturated/α-hetero) is 1. The number of carbonyl (C=O) groups is 1. The Balaban J connectivity index is 1.75. The van der Waals surface area contributed by atoms with Crippen molar-refractivity contribution in [1.82, 2.24) is 4.72 Å². The summed E-state index contributed by atoms with van der Waals surface area (Å²) in [5.74, 6) is 0.173. The Morgan fingerprint density at radius 2 is 1.92 bits per heavy atom. The Morgan fingerprint density at radius 1 is 1.28 bits per heavy atom. The molecule has 3 rings (SSSR count). The van der Waals surface area contributed by atoms with Crippen LogP contribution in [0.4, 0.5) is 0 Å². The molecule has 2 fully saturated rings. The Morgan fingerprint density at radius 3 is 2.44 bits per heavy atom. The summed E-state index contributed by atoms with van der Waals surface area (Å²) < 4.78 is 28.1. The number of hydrogen-bond donors (Lipinski definition) is 2. The number of hydrogen-bond acceptors (Lipinski definition) is 4. The highest BCUT2D eigenvalue weighted by Crippen LogP contribution is 2.64. The lowest BCUT2D eigenvalue weighted by molar-refractivity contribution is -0.128. The maximum atomic E-state index is 12.8. The second kappa shape index (κ2) is 6.18. The van der Waals surface area contributed by atoms with Crippen LogP contribution in [-0.2, 0) is 14.8 Å². The van der Waals surface area contributed by atoms with Gasteiger partial charge in [0, 0.05) is 17.9 Å². The molecule has 138 valence electrons. The van der Waals surface area contributed by atoms with Crippen molar-refractivity contribution >= 4 is 15.8 Å². The summed E-state index contributed by atoms with van der Waals surface area (Å²) in [7, 11) is -3.70. The molecule has 1 aromatic rings. The first-order valence-corrected chi connectivity index (χ1v) is 10.5. The summed E-state index contributed by atoms with van der Waals surface area (Å²) >= 11 is 0. The minimum Gasteiger partial charge on any atom is -0.387 e. The van der Waals surface area contributed by atoms with Gasteiger partial charge in [0.05, 0.1) is 11.9 Å². The molecule has 2 saturated carbocycles. The summed E-state index contributed by atoms with van der Waals surface area (Å²) in [5, 5.41) is 10.4. The number of aliphatic hydroxyl groups is 1. The fraction of sp³-hybridized carbons (Fsp3) is 0.632. The molecule has 0 aliphatic heterocycles. The highest BCUT2D eigenvalue weighted by Gasteiger charge is 2.65. The Bertz CT molecular complexity index is 759. The summed E-state index contributed by atoms with van der Waals surface area (Å²) in [6, 6.07) is 8.31. The maximum Gasteiger partial charge on any atom is 0.212 e. The molecule has 0 heterocycles. The number of carbonyl (C=O) groups excluding carboxylic acids is 1. The topological polar surface area (TPSA) is 83.5 Å². The van der Waals surface area contributed by atoms with Crippen LogP contribution in [-0.4, -0.2) is 31.1 Å². The molecule has 6 heteroatoms. The lowest BCUT2D eigenvalue weighted by atomic mass is 9.70. The van der Waals surface area contributed by atoms with E-state index < -0.39 is 27.6 Å². The molecule has 2 bridgehead atoms. The van der Waals surface area contributed by atoms with Crippen LogP contribution in [0.2, 0.25) is 0 Å². The van der Waals surface area contributed by atoms with Crippen LogP contribution in [0, 0.1) is 16.7 Å². The van der Waals surface area contributed by atoms with Crippen LogP contribution in [0.25, 0.3) is 0 Å². The molecule has 1 aromatic carbocycles. The summed E-state index contributed by atoms with van der Waals surface area (Å²) in [6.45, 7) is 5.69. The molecule has 2 aliphatic rings. The van der Waals surface area contributed by atoms with E-state index in [0.717, 1.165) is 6.42 Å². The molecule has 0 radical (unpaired) electrons. The average Bonchev–Trinajstić information content (AvgIpc) is 2.88. The number of nitrogens with one attached hydrogen (secondary N) is 1. The second-order valence-corrected chi connectivity index (χ2v) is 9.94. The highest BCUT2D eigenvalue weighted by atomic mass is 32.2. The third-order valence-electron chi connectivity index (χ3n) is 6.56. The van der Waals surface area contributed by atoms with Gasteiger partial charge in [-0.2, -0.15) is 0 Å². The summed E-state index contributed by atoms with van der Waals surface area (Å²) in [6.07, 6.45) is 1.11. The van der Waals surface area contributed by atoms with Gasteiger partial charge in [-0.1, -0.05) is 44.2 Å². The van der Waals surface area contributed by atoms with E-state index in [9.17, 15) is 18.3 Å². The number of ketones is 1. The van der Waals surface area contributed by atoms with Crippen molar-refractivity contribution in [2.24, 2.45) is 16.7 Å². The van der Waals surface area contributed by atoms with Gasteiger partial charge in [-0.15, -0.1) is 0 Å². The van der Waals surface area contributed by atoms with Gasteiger partial charge in [-0.25, -0.2) is 13.1 Å². The molecule has 4 atom stereocenters. The first-order chi connectivity index (χ1) is 11.6. The summed E-state index contributed by atoms with van der Waals surface area (Å²) in [5.41, 5.74) is -0.421. The Labute approximate surface area is 149 Å². The van der Waals surface area contributed by atoms with Crippen molar-refractivity contribution in [2.75, 3.05) is 5.75 Å².